The molecule has 3 nitrogen and oxygen atoms in total. The van der Waals surface area contributed by atoms with Crippen molar-refractivity contribution in [1.29, 1.82) is 0 Å². The van der Waals surface area contributed by atoms with Gasteiger partial charge in [0.25, 0.3) is 0 Å². The average molecular weight is 254 g/mol. The van der Waals surface area contributed by atoms with Crippen LogP contribution in [0.5, 0.6) is 0 Å². The highest BCUT2D eigenvalue weighted by Gasteiger charge is 2.27. The van der Waals surface area contributed by atoms with E-state index in [0.717, 1.165) is 47.0 Å². The first-order valence-electron chi connectivity index (χ1n) is 6.50. The van der Waals surface area contributed by atoms with E-state index in [0.29, 0.717) is 0 Å². The minimum atomic E-state index is 0.127. The number of thiazole rings is 1. The topological polar surface area (TPSA) is 36.4 Å². The summed E-state index contributed by atoms with van der Waals surface area (Å²) in [5, 5.41) is 10.4. The van der Waals surface area contributed by atoms with E-state index in [4.69, 9.17) is 0 Å². The molecule has 1 fully saturated rings. The molecule has 0 aliphatic carbocycles. The Hall–Kier alpha value is -0.610. The number of aliphatic hydroxyl groups is 1. The lowest BCUT2D eigenvalue weighted by Crippen LogP contribution is -2.20. The van der Waals surface area contributed by atoms with Gasteiger partial charge in [-0.3, -0.25) is 0 Å². The van der Waals surface area contributed by atoms with Gasteiger partial charge in [-0.15, -0.1) is 0 Å². The lowest BCUT2D eigenvalue weighted by atomic mass is 9.95. The normalized spacial score (nSPS) is 20.5. The molecule has 1 aromatic heterocycles. The monoisotopic (exact) mass is 254 g/mol. The Balaban J connectivity index is 2.11. The van der Waals surface area contributed by atoms with Gasteiger partial charge in [0.15, 0.2) is 5.13 Å². The van der Waals surface area contributed by atoms with Crippen molar-refractivity contribution >= 4 is 16.5 Å². The Morgan fingerprint density at radius 1 is 1.53 bits per heavy atom. The van der Waals surface area contributed by atoms with Gasteiger partial charge in [-0.2, -0.15) is 0 Å². The maximum atomic E-state index is 9.30. The fourth-order valence-electron chi connectivity index (χ4n) is 2.41. The van der Waals surface area contributed by atoms with Crippen LogP contribution in [-0.4, -0.2) is 23.2 Å². The minimum Gasteiger partial charge on any atom is -0.391 e. The molecule has 1 aliphatic heterocycles. The van der Waals surface area contributed by atoms with E-state index in [2.05, 4.69) is 30.7 Å². The lowest BCUT2D eigenvalue weighted by molar-refractivity contribution is 0.284. The van der Waals surface area contributed by atoms with Crippen molar-refractivity contribution < 1.29 is 5.11 Å². The third-order valence-corrected chi connectivity index (χ3v) is 4.83. The van der Waals surface area contributed by atoms with Crippen molar-refractivity contribution in [1.82, 2.24) is 4.98 Å². The maximum Gasteiger partial charge on any atom is 0.185 e. The highest BCUT2D eigenvalue weighted by atomic mass is 32.1. The molecule has 2 rings (SSSR count). The third-order valence-electron chi connectivity index (χ3n) is 3.68. The van der Waals surface area contributed by atoms with Crippen molar-refractivity contribution in [3.8, 4) is 0 Å². The van der Waals surface area contributed by atoms with Crippen LogP contribution in [0.4, 0.5) is 5.13 Å². The van der Waals surface area contributed by atoms with Crippen LogP contribution in [-0.2, 0) is 13.0 Å². The Morgan fingerprint density at radius 2 is 2.29 bits per heavy atom. The molecule has 0 spiro atoms. The molecule has 1 unspecified atom stereocenters. The molecule has 1 aliphatic rings. The molecule has 0 bridgehead atoms. The lowest BCUT2D eigenvalue weighted by Gasteiger charge is -2.16. The van der Waals surface area contributed by atoms with Gasteiger partial charge in [0, 0.05) is 13.1 Å². The number of anilines is 1. The largest absolute Gasteiger partial charge is 0.391 e. The van der Waals surface area contributed by atoms with Crippen molar-refractivity contribution in [2.75, 3.05) is 18.0 Å². The summed E-state index contributed by atoms with van der Waals surface area (Å²) in [6.45, 7) is 9.06. The zero-order valence-electron chi connectivity index (χ0n) is 10.9. The number of aliphatic hydroxyl groups excluding tert-OH is 1. The van der Waals surface area contributed by atoms with Crippen LogP contribution in [0.2, 0.25) is 0 Å². The Bertz CT molecular complexity index is 354. The van der Waals surface area contributed by atoms with Crippen LogP contribution >= 0.6 is 11.3 Å². The molecule has 1 atom stereocenters. The van der Waals surface area contributed by atoms with Crippen LogP contribution in [0, 0.1) is 11.8 Å². The molecule has 2 heterocycles. The molecule has 17 heavy (non-hydrogen) atoms. The second-order valence-corrected chi connectivity index (χ2v) is 6.18. The molecule has 1 aromatic rings. The molecule has 4 heteroatoms. The van der Waals surface area contributed by atoms with Gasteiger partial charge >= 0.3 is 0 Å². The van der Waals surface area contributed by atoms with Crippen LogP contribution in [0.15, 0.2) is 0 Å². The van der Waals surface area contributed by atoms with Crippen LogP contribution in [0.25, 0.3) is 0 Å². The van der Waals surface area contributed by atoms with E-state index in [9.17, 15) is 5.11 Å². The molecule has 1 saturated heterocycles. The predicted octanol–water partition coefficient (Wildman–Crippen LogP) is 2.68. The van der Waals surface area contributed by atoms with Crippen molar-refractivity contribution in [2.45, 2.75) is 40.2 Å². The first-order valence-corrected chi connectivity index (χ1v) is 7.31. The van der Waals surface area contributed by atoms with Gasteiger partial charge in [-0.1, -0.05) is 32.1 Å². The van der Waals surface area contributed by atoms with Crippen LogP contribution in [0.3, 0.4) is 0 Å². The van der Waals surface area contributed by atoms with Crippen LogP contribution < -0.4 is 4.90 Å². The van der Waals surface area contributed by atoms with E-state index in [1.807, 2.05) is 0 Å². The second kappa shape index (κ2) is 5.36. The summed E-state index contributed by atoms with van der Waals surface area (Å²) < 4.78 is 0. The third kappa shape index (κ3) is 2.63. The SMILES string of the molecule is CCc1nc(N2CCC(C(C)C)C2)sc1CO. The fourth-order valence-corrected chi connectivity index (χ4v) is 3.45. The molecule has 0 saturated carbocycles. The Morgan fingerprint density at radius 3 is 2.76 bits per heavy atom. The predicted molar refractivity (Wildman–Crippen MR) is 72.6 cm³/mol. The van der Waals surface area contributed by atoms with Crippen molar-refractivity contribution in [3.63, 3.8) is 0 Å². The van der Waals surface area contributed by atoms with E-state index in [-0.39, 0.29) is 6.61 Å². The fraction of sp³-hybridized carbons (Fsp3) is 0.769. The summed E-state index contributed by atoms with van der Waals surface area (Å²) in [5.41, 5.74) is 1.07. The smallest absolute Gasteiger partial charge is 0.185 e. The molecule has 0 aromatic carbocycles. The van der Waals surface area contributed by atoms with E-state index >= 15 is 0 Å². The van der Waals surface area contributed by atoms with Gasteiger partial charge in [0.1, 0.15) is 0 Å². The zero-order valence-corrected chi connectivity index (χ0v) is 11.8. The van der Waals surface area contributed by atoms with Gasteiger partial charge < -0.3 is 10.0 Å². The number of hydrogen-bond acceptors (Lipinski definition) is 4. The second-order valence-electron chi connectivity index (χ2n) is 5.12. The molecule has 0 amide bonds. The summed E-state index contributed by atoms with van der Waals surface area (Å²) in [4.78, 5) is 8.08. The number of hydrogen-bond donors (Lipinski definition) is 1. The van der Waals surface area contributed by atoms with E-state index < -0.39 is 0 Å². The first-order chi connectivity index (χ1) is 8.15. The Labute approximate surface area is 107 Å². The summed E-state index contributed by atoms with van der Waals surface area (Å²) >= 11 is 1.66. The number of aromatic nitrogens is 1. The Kier molecular flexibility index (Phi) is 4.05. The van der Waals surface area contributed by atoms with E-state index in [1.165, 1.54) is 6.42 Å². The molecule has 96 valence electrons. The highest BCUT2D eigenvalue weighted by Crippen LogP contribution is 2.32. The molecule has 1 N–H and O–H groups in total. The van der Waals surface area contributed by atoms with Gasteiger partial charge in [-0.05, 0) is 24.7 Å². The van der Waals surface area contributed by atoms with Crippen molar-refractivity contribution in [2.24, 2.45) is 11.8 Å². The summed E-state index contributed by atoms with van der Waals surface area (Å²) in [7, 11) is 0. The van der Waals surface area contributed by atoms with Gasteiger partial charge in [0.2, 0.25) is 0 Å². The minimum absolute atomic E-state index is 0.127. The molecular weight excluding hydrogens is 232 g/mol. The summed E-state index contributed by atoms with van der Waals surface area (Å²) in [6.07, 6.45) is 2.18. The van der Waals surface area contributed by atoms with E-state index in [1.54, 1.807) is 11.3 Å². The van der Waals surface area contributed by atoms with Crippen molar-refractivity contribution in [3.05, 3.63) is 10.6 Å². The number of nitrogens with zero attached hydrogens (tertiary/aromatic N) is 2. The standard InChI is InChI=1S/C13H22N2OS/c1-4-11-12(8-16)17-13(14-11)15-6-5-10(7-15)9(2)3/h9-10,16H,4-8H2,1-3H3. The summed E-state index contributed by atoms with van der Waals surface area (Å²) in [5.74, 6) is 1.55. The van der Waals surface area contributed by atoms with Crippen LogP contribution in [0.1, 0.15) is 37.8 Å². The quantitative estimate of drug-likeness (QED) is 0.897. The van der Waals surface area contributed by atoms with Gasteiger partial charge in [0.05, 0.1) is 17.2 Å². The van der Waals surface area contributed by atoms with Gasteiger partial charge in [-0.25, -0.2) is 4.98 Å². The molecular formula is C13H22N2OS. The number of aryl methyl sites for hydroxylation is 1. The molecule has 0 radical (unpaired) electrons. The maximum absolute atomic E-state index is 9.30. The summed E-state index contributed by atoms with van der Waals surface area (Å²) in [6, 6.07) is 0. The highest BCUT2D eigenvalue weighted by molar-refractivity contribution is 7.15. The zero-order chi connectivity index (χ0) is 12.4. The number of rotatable bonds is 4. The first kappa shape index (κ1) is 12.8. The average Bonchev–Trinajstić information content (AvgIpc) is 2.94.